The van der Waals surface area contributed by atoms with E-state index in [9.17, 15) is 9.18 Å². The fourth-order valence-electron chi connectivity index (χ4n) is 1.58. The Balaban J connectivity index is 2.09. The summed E-state index contributed by atoms with van der Waals surface area (Å²) in [6, 6.07) is 3.89. The molecule has 0 fully saturated rings. The highest BCUT2D eigenvalue weighted by Gasteiger charge is 2.10. The average molecular weight is 317 g/mol. The predicted octanol–water partition coefficient (Wildman–Crippen LogP) is 4.09. The minimum Gasteiger partial charge on any atom is -0.341 e. The van der Waals surface area contributed by atoms with Gasteiger partial charge in [0.25, 0.3) is 0 Å². The van der Waals surface area contributed by atoms with Crippen LogP contribution in [0.5, 0.6) is 0 Å². The number of aromatic amines is 1. The molecule has 0 aliphatic carbocycles. The number of carbonyl (C=O) groups is 1. The van der Waals surface area contributed by atoms with Crippen molar-refractivity contribution in [3.63, 3.8) is 0 Å². The second-order valence-corrected chi connectivity index (χ2v) is 6.15. The molecule has 2 N–H and O–H groups in total. The molecule has 2 rings (SSSR count). The lowest BCUT2D eigenvalue weighted by Gasteiger charge is -2.05. The molecule has 1 heterocycles. The molecule has 0 saturated heterocycles. The van der Waals surface area contributed by atoms with Crippen LogP contribution < -0.4 is 5.32 Å². The van der Waals surface area contributed by atoms with Crippen molar-refractivity contribution in [3.05, 3.63) is 43.6 Å². The fraction of sp³-hybridized carbons (Fsp3) is 0.167. The Bertz CT molecular complexity index is 660. The van der Waals surface area contributed by atoms with Gasteiger partial charge < -0.3 is 10.3 Å². The van der Waals surface area contributed by atoms with E-state index in [1.807, 2.05) is 6.92 Å². The van der Waals surface area contributed by atoms with Crippen molar-refractivity contribution in [2.24, 2.45) is 0 Å². The number of hydrogen-bond donors (Lipinski definition) is 2. The van der Waals surface area contributed by atoms with Crippen molar-refractivity contribution in [1.82, 2.24) is 4.98 Å². The number of amides is 1. The highest BCUT2D eigenvalue weighted by Crippen LogP contribution is 2.19. The average Bonchev–Trinajstić information content (AvgIpc) is 2.55. The van der Waals surface area contributed by atoms with Crippen LogP contribution in [0.2, 0.25) is 5.02 Å². The summed E-state index contributed by atoms with van der Waals surface area (Å²) in [6.45, 7) is 1.86. The van der Waals surface area contributed by atoms with Gasteiger partial charge in [0.1, 0.15) is 5.82 Å². The van der Waals surface area contributed by atoms with Crippen molar-refractivity contribution < 1.29 is 9.18 Å². The van der Waals surface area contributed by atoms with Gasteiger partial charge in [0, 0.05) is 21.3 Å². The molecular formula is C12H10ClFN2OS2. The molecule has 100 valence electrons. The Morgan fingerprint density at radius 3 is 2.84 bits per heavy atom. The first kappa shape index (κ1) is 14.2. The van der Waals surface area contributed by atoms with Crippen molar-refractivity contribution in [1.29, 1.82) is 0 Å². The molecule has 2 aromatic rings. The zero-order valence-electron chi connectivity index (χ0n) is 9.92. The molecule has 7 heteroatoms. The van der Waals surface area contributed by atoms with E-state index in [-0.39, 0.29) is 17.4 Å². The van der Waals surface area contributed by atoms with E-state index in [4.69, 9.17) is 23.8 Å². The van der Waals surface area contributed by atoms with Crippen LogP contribution >= 0.6 is 35.2 Å². The van der Waals surface area contributed by atoms with Gasteiger partial charge in [-0.2, -0.15) is 0 Å². The molecule has 3 nitrogen and oxygen atoms in total. The first-order valence-corrected chi connectivity index (χ1v) is 6.99. The third kappa shape index (κ3) is 3.86. The van der Waals surface area contributed by atoms with Gasteiger partial charge in [-0.05, 0) is 37.3 Å². The molecule has 1 aromatic heterocycles. The number of nitrogens with one attached hydrogen (secondary N) is 2. The second-order valence-electron chi connectivity index (χ2n) is 3.95. The minimum absolute atomic E-state index is 0.192. The normalized spacial score (nSPS) is 10.5. The number of rotatable bonds is 3. The van der Waals surface area contributed by atoms with Gasteiger partial charge in [-0.15, -0.1) is 11.3 Å². The lowest BCUT2D eigenvalue weighted by atomic mass is 10.2. The first-order valence-electron chi connectivity index (χ1n) is 5.38. The molecule has 0 atom stereocenters. The van der Waals surface area contributed by atoms with E-state index in [2.05, 4.69) is 10.3 Å². The van der Waals surface area contributed by atoms with Crippen molar-refractivity contribution >= 4 is 46.8 Å². The highest BCUT2D eigenvalue weighted by atomic mass is 35.5. The van der Waals surface area contributed by atoms with E-state index in [1.165, 1.54) is 29.5 Å². The monoisotopic (exact) mass is 316 g/mol. The van der Waals surface area contributed by atoms with Crippen molar-refractivity contribution in [3.8, 4) is 0 Å². The summed E-state index contributed by atoms with van der Waals surface area (Å²) < 4.78 is 13.8. The maximum atomic E-state index is 13.1. The molecule has 0 radical (unpaired) electrons. The van der Waals surface area contributed by atoms with Gasteiger partial charge in [-0.1, -0.05) is 11.6 Å². The van der Waals surface area contributed by atoms with Crippen LogP contribution in [0.4, 0.5) is 10.1 Å². The molecule has 1 amide bonds. The van der Waals surface area contributed by atoms with Crippen molar-refractivity contribution in [2.75, 3.05) is 5.32 Å². The molecule has 0 aliphatic heterocycles. The Morgan fingerprint density at radius 2 is 2.26 bits per heavy atom. The topological polar surface area (TPSA) is 44.9 Å². The van der Waals surface area contributed by atoms with Crippen LogP contribution in [-0.2, 0) is 11.2 Å². The molecule has 19 heavy (non-hydrogen) atoms. The SMILES string of the molecule is Cc1[nH]c(=S)sc1CC(=O)Nc1cc(F)cc(Cl)c1. The summed E-state index contributed by atoms with van der Waals surface area (Å²) in [5.74, 6) is -0.730. The highest BCUT2D eigenvalue weighted by molar-refractivity contribution is 7.73. The number of H-pyrrole nitrogens is 1. The summed E-state index contributed by atoms with van der Waals surface area (Å²) in [4.78, 5) is 15.7. The van der Waals surface area contributed by atoms with Gasteiger partial charge in [0.2, 0.25) is 5.91 Å². The van der Waals surface area contributed by atoms with Gasteiger partial charge >= 0.3 is 0 Å². The standard InChI is InChI=1S/C12H10ClFN2OS2/c1-6-10(19-12(18)15-6)5-11(17)16-9-3-7(13)2-8(14)4-9/h2-4H,5H2,1H3,(H,15,18)(H,16,17). The molecule has 1 aromatic carbocycles. The predicted molar refractivity (Wildman–Crippen MR) is 78.0 cm³/mol. The van der Waals surface area contributed by atoms with Gasteiger partial charge in [0.05, 0.1) is 6.42 Å². The van der Waals surface area contributed by atoms with E-state index in [1.54, 1.807) is 0 Å². The summed E-state index contributed by atoms with van der Waals surface area (Å²) in [7, 11) is 0. The van der Waals surface area contributed by atoms with E-state index >= 15 is 0 Å². The molecule has 0 bridgehead atoms. The van der Waals surface area contributed by atoms with Crippen LogP contribution in [-0.4, -0.2) is 10.9 Å². The van der Waals surface area contributed by atoms with E-state index < -0.39 is 5.82 Å². The largest absolute Gasteiger partial charge is 0.341 e. The molecule has 0 unspecified atom stereocenters. The Morgan fingerprint density at radius 1 is 1.53 bits per heavy atom. The van der Waals surface area contributed by atoms with Crippen LogP contribution in [0.25, 0.3) is 0 Å². The van der Waals surface area contributed by atoms with Crippen LogP contribution in [0.15, 0.2) is 18.2 Å². The van der Waals surface area contributed by atoms with Gasteiger partial charge in [-0.3, -0.25) is 4.79 Å². The number of aromatic nitrogens is 1. The molecule has 0 aliphatic rings. The number of halogens is 2. The maximum Gasteiger partial charge on any atom is 0.229 e. The lowest BCUT2D eigenvalue weighted by Crippen LogP contribution is -2.14. The third-order valence-corrected chi connectivity index (χ3v) is 3.95. The summed E-state index contributed by atoms with van der Waals surface area (Å²) in [5.41, 5.74) is 1.22. The second kappa shape index (κ2) is 5.81. The zero-order valence-corrected chi connectivity index (χ0v) is 12.3. The Kier molecular flexibility index (Phi) is 4.34. The molecule has 0 spiro atoms. The minimum atomic E-state index is -0.490. The fourth-order valence-corrected chi connectivity index (χ4v) is 3.09. The molecular weight excluding hydrogens is 307 g/mol. The number of hydrogen-bond acceptors (Lipinski definition) is 3. The van der Waals surface area contributed by atoms with Crippen molar-refractivity contribution in [2.45, 2.75) is 13.3 Å². The Hall–Kier alpha value is -1.24. The quantitative estimate of drug-likeness (QED) is 0.838. The number of carbonyl (C=O) groups excluding carboxylic acids is 1. The first-order chi connectivity index (χ1) is 8.94. The van der Waals surface area contributed by atoms with Gasteiger partial charge in [-0.25, -0.2) is 4.39 Å². The summed E-state index contributed by atoms with van der Waals surface area (Å²) >= 11 is 12.1. The third-order valence-electron chi connectivity index (χ3n) is 2.39. The number of anilines is 1. The maximum absolute atomic E-state index is 13.1. The lowest BCUT2D eigenvalue weighted by molar-refractivity contribution is -0.115. The molecule has 0 saturated carbocycles. The number of benzene rings is 1. The zero-order chi connectivity index (χ0) is 14.0. The summed E-state index contributed by atoms with van der Waals surface area (Å²) in [5, 5.41) is 2.84. The number of thiazole rings is 1. The smallest absolute Gasteiger partial charge is 0.229 e. The van der Waals surface area contributed by atoms with Crippen LogP contribution in [0, 0.1) is 16.7 Å². The Labute approximate surface area is 123 Å². The number of aryl methyl sites for hydroxylation is 1. The van der Waals surface area contributed by atoms with E-state index in [0.29, 0.717) is 9.64 Å². The van der Waals surface area contributed by atoms with Crippen LogP contribution in [0.3, 0.4) is 0 Å². The van der Waals surface area contributed by atoms with Crippen LogP contribution in [0.1, 0.15) is 10.6 Å². The summed E-state index contributed by atoms with van der Waals surface area (Å²) in [6.07, 6.45) is 0.192. The van der Waals surface area contributed by atoms with Gasteiger partial charge in [0.15, 0.2) is 3.95 Å². The van der Waals surface area contributed by atoms with E-state index in [0.717, 1.165) is 10.6 Å².